The van der Waals surface area contributed by atoms with Gasteiger partial charge < -0.3 is 4.57 Å². The highest BCUT2D eigenvalue weighted by Crippen LogP contribution is 2.14. The molecule has 3 aromatic rings. The van der Waals surface area contributed by atoms with Crippen LogP contribution in [0.15, 0.2) is 65.8 Å². The highest BCUT2D eigenvalue weighted by atomic mass is 32.2. The van der Waals surface area contributed by atoms with Crippen molar-refractivity contribution in [2.45, 2.75) is 11.4 Å². The predicted octanol–water partition coefficient (Wildman–Crippen LogP) is 2.51. The van der Waals surface area contributed by atoms with Gasteiger partial charge in [0.2, 0.25) is 0 Å². The van der Waals surface area contributed by atoms with Gasteiger partial charge in [-0.2, -0.15) is 0 Å². The van der Waals surface area contributed by atoms with E-state index in [2.05, 4.69) is 4.98 Å². The summed E-state index contributed by atoms with van der Waals surface area (Å²) in [7, 11) is -3.25. The molecular weight excluding hydrogens is 272 g/mol. The summed E-state index contributed by atoms with van der Waals surface area (Å²) >= 11 is 0. The van der Waals surface area contributed by atoms with Crippen molar-refractivity contribution in [3.05, 3.63) is 60.9 Å². The van der Waals surface area contributed by atoms with Gasteiger partial charge in [0.25, 0.3) is 0 Å². The summed E-state index contributed by atoms with van der Waals surface area (Å²) in [5, 5.41) is 0. The van der Waals surface area contributed by atoms with Crippen molar-refractivity contribution in [2.24, 2.45) is 0 Å². The highest BCUT2D eigenvalue weighted by molar-refractivity contribution is 7.91. The molecule has 0 spiro atoms. The van der Waals surface area contributed by atoms with E-state index in [4.69, 9.17) is 0 Å². The van der Waals surface area contributed by atoms with E-state index in [1.165, 1.54) is 0 Å². The van der Waals surface area contributed by atoms with E-state index >= 15 is 0 Å². The standard InChI is InChI=1S/C15H14N2O2S/c18-20(19,13-6-2-1-3-7-13)11-10-17-12-16-14-8-4-5-9-15(14)17/h1-9,12H,10-11H2. The van der Waals surface area contributed by atoms with E-state index in [0.717, 1.165) is 11.0 Å². The van der Waals surface area contributed by atoms with Crippen LogP contribution in [0.2, 0.25) is 0 Å². The topological polar surface area (TPSA) is 52.0 Å². The van der Waals surface area contributed by atoms with Crippen molar-refractivity contribution in [3.8, 4) is 0 Å². The van der Waals surface area contributed by atoms with Crippen LogP contribution < -0.4 is 0 Å². The third-order valence-electron chi connectivity index (χ3n) is 3.23. The summed E-state index contributed by atoms with van der Waals surface area (Å²) in [6.07, 6.45) is 1.69. The summed E-state index contributed by atoms with van der Waals surface area (Å²) in [5.41, 5.74) is 1.83. The summed E-state index contributed by atoms with van der Waals surface area (Å²) in [4.78, 5) is 4.63. The molecule has 1 heterocycles. The molecule has 1 aromatic heterocycles. The van der Waals surface area contributed by atoms with E-state index in [1.54, 1.807) is 30.6 Å². The van der Waals surface area contributed by atoms with Crippen molar-refractivity contribution >= 4 is 20.9 Å². The second-order valence-electron chi connectivity index (χ2n) is 4.56. The second kappa shape index (κ2) is 5.09. The average molecular weight is 286 g/mol. The molecule has 0 aliphatic carbocycles. The minimum atomic E-state index is -3.25. The Hall–Kier alpha value is -2.14. The lowest BCUT2D eigenvalue weighted by Crippen LogP contribution is -2.12. The third-order valence-corrected chi connectivity index (χ3v) is 4.94. The molecule has 0 fully saturated rings. The molecule has 0 saturated heterocycles. The number of fused-ring (bicyclic) bond motifs is 1. The Morgan fingerprint density at radius 1 is 0.950 bits per heavy atom. The Morgan fingerprint density at radius 3 is 2.45 bits per heavy atom. The van der Waals surface area contributed by atoms with E-state index in [0.29, 0.717) is 11.4 Å². The number of aromatic nitrogens is 2. The van der Waals surface area contributed by atoms with Gasteiger partial charge in [-0.3, -0.25) is 0 Å². The van der Waals surface area contributed by atoms with E-state index in [1.807, 2.05) is 34.9 Å². The number of aryl methyl sites for hydroxylation is 1. The van der Waals surface area contributed by atoms with Crippen LogP contribution in [0.4, 0.5) is 0 Å². The highest BCUT2D eigenvalue weighted by Gasteiger charge is 2.14. The molecule has 0 N–H and O–H groups in total. The van der Waals surface area contributed by atoms with Crippen molar-refractivity contribution < 1.29 is 8.42 Å². The quantitative estimate of drug-likeness (QED) is 0.740. The van der Waals surface area contributed by atoms with Crippen LogP contribution in [0.1, 0.15) is 0 Å². The zero-order valence-electron chi connectivity index (χ0n) is 10.8. The maximum Gasteiger partial charge on any atom is 0.180 e. The molecule has 20 heavy (non-hydrogen) atoms. The Bertz CT molecular complexity index is 823. The summed E-state index contributed by atoms with van der Waals surface area (Å²) in [5.74, 6) is 0.0668. The maximum absolute atomic E-state index is 12.2. The SMILES string of the molecule is O=S(=O)(CCn1cnc2ccccc21)c1ccccc1. The molecule has 0 unspecified atom stereocenters. The molecule has 5 heteroatoms. The van der Waals surface area contributed by atoms with Crippen LogP contribution in [0.3, 0.4) is 0 Å². The summed E-state index contributed by atoms with van der Waals surface area (Å²) in [6, 6.07) is 16.2. The minimum Gasteiger partial charge on any atom is -0.330 e. The zero-order valence-corrected chi connectivity index (χ0v) is 11.6. The molecular formula is C15H14N2O2S. The molecule has 0 aliphatic heterocycles. The van der Waals surface area contributed by atoms with Gasteiger partial charge in [-0.25, -0.2) is 13.4 Å². The van der Waals surface area contributed by atoms with Crippen molar-refractivity contribution in [1.82, 2.24) is 9.55 Å². The molecule has 4 nitrogen and oxygen atoms in total. The van der Waals surface area contributed by atoms with Gasteiger partial charge in [-0.15, -0.1) is 0 Å². The van der Waals surface area contributed by atoms with Crippen LogP contribution in [0.5, 0.6) is 0 Å². The molecule has 3 rings (SSSR count). The summed E-state index contributed by atoms with van der Waals surface area (Å²) < 4.78 is 26.3. The number of imidazole rings is 1. The van der Waals surface area contributed by atoms with Crippen molar-refractivity contribution in [2.75, 3.05) is 5.75 Å². The van der Waals surface area contributed by atoms with E-state index < -0.39 is 9.84 Å². The van der Waals surface area contributed by atoms with Gasteiger partial charge in [0.1, 0.15) is 0 Å². The zero-order chi connectivity index (χ0) is 14.0. The molecule has 0 aliphatic rings. The van der Waals surface area contributed by atoms with Gasteiger partial charge in [0.15, 0.2) is 9.84 Å². The second-order valence-corrected chi connectivity index (χ2v) is 6.67. The Labute approximate surface area is 117 Å². The molecule has 0 saturated carbocycles. The number of sulfone groups is 1. The first-order chi connectivity index (χ1) is 9.67. The van der Waals surface area contributed by atoms with Gasteiger partial charge >= 0.3 is 0 Å². The van der Waals surface area contributed by atoms with E-state index in [9.17, 15) is 8.42 Å². The Kier molecular flexibility index (Phi) is 3.28. The smallest absolute Gasteiger partial charge is 0.180 e. The molecule has 0 atom stereocenters. The normalized spacial score (nSPS) is 11.8. The first-order valence-electron chi connectivity index (χ1n) is 6.34. The largest absolute Gasteiger partial charge is 0.330 e. The Balaban J connectivity index is 1.83. The van der Waals surface area contributed by atoms with Gasteiger partial charge in [0.05, 0.1) is 28.0 Å². The average Bonchev–Trinajstić information content (AvgIpc) is 2.89. The Morgan fingerprint density at radius 2 is 1.65 bits per heavy atom. The fraction of sp³-hybridized carbons (Fsp3) is 0.133. The van der Waals surface area contributed by atoms with Crippen LogP contribution in [0, 0.1) is 0 Å². The first-order valence-corrected chi connectivity index (χ1v) is 8.00. The molecule has 2 aromatic carbocycles. The number of hydrogen-bond donors (Lipinski definition) is 0. The number of benzene rings is 2. The van der Waals surface area contributed by atoms with Crippen molar-refractivity contribution in [1.29, 1.82) is 0 Å². The predicted molar refractivity (Wildman–Crippen MR) is 78.2 cm³/mol. The first kappa shape index (κ1) is 12.9. The summed E-state index contributed by atoms with van der Waals surface area (Å²) in [6.45, 7) is 0.401. The molecule has 0 bridgehead atoms. The third kappa shape index (κ3) is 2.44. The fourth-order valence-corrected chi connectivity index (χ4v) is 3.40. The number of rotatable bonds is 4. The molecule has 102 valence electrons. The van der Waals surface area contributed by atoms with Gasteiger partial charge in [-0.05, 0) is 24.3 Å². The lowest BCUT2D eigenvalue weighted by molar-refractivity contribution is 0.590. The van der Waals surface area contributed by atoms with Crippen LogP contribution in [-0.2, 0) is 16.4 Å². The van der Waals surface area contributed by atoms with Crippen LogP contribution in [0.25, 0.3) is 11.0 Å². The monoisotopic (exact) mass is 286 g/mol. The number of nitrogens with zero attached hydrogens (tertiary/aromatic N) is 2. The fourth-order valence-electron chi connectivity index (χ4n) is 2.15. The van der Waals surface area contributed by atoms with Crippen molar-refractivity contribution in [3.63, 3.8) is 0 Å². The van der Waals surface area contributed by atoms with E-state index in [-0.39, 0.29) is 5.75 Å². The minimum absolute atomic E-state index is 0.0668. The van der Waals surface area contributed by atoms with Gasteiger partial charge in [0, 0.05) is 6.54 Å². The lowest BCUT2D eigenvalue weighted by Gasteiger charge is -2.06. The number of hydrogen-bond acceptors (Lipinski definition) is 3. The van der Waals surface area contributed by atoms with Crippen LogP contribution >= 0.6 is 0 Å². The molecule has 0 amide bonds. The van der Waals surface area contributed by atoms with Gasteiger partial charge in [-0.1, -0.05) is 30.3 Å². The maximum atomic E-state index is 12.2. The molecule has 0 radical (unpaired) electrons. The van der Waals surface area contributed by atoms with Crippen LogP contribution in [-0.4, -0.2) is 23.7 Å². The number of para-hydroxylation sites is 2. The lowest BCUT2D eigenvalue weighted by atomic mass is 10.3.